The van der Waals surface area contributed by atoms with E-state index in [9.17, 15) is 4.79 Å². The average molecular weight is 327 g/mol. The van der Waals surface area contributed by atoms with Crippen LogP contribution >= 0.6 is 11.6 Å². The Labute approximate surface area is 136 Å². The smallest absolute Gasteiger partial charge is 0.255 e. The van der Waals surface area contributed by atoms with Gasteiger partial charge in [0.05, 0.1) is 12.2 Å². The summed E-state index contributed by atoms with van der Waals surface area (Å²) in [7, 11) is 1.60. The number of ether oxygens (including phenoxy) is 2. The van der Waals surface area contributed by atoms with Crippen molar-refractivity contribution < 1.29 is 14.3 Å². The molecule has 122 valence electrons. The van der Waals surface area contributed by atoms with E-state index in [1.165, 1.54) is 0 Å². The number of amides is 1. The molecule has 0 saturated heterocycles. The van der Waals surface area contributed by atoms with E-state index in [-0.39, 0.29) is 18.0 Å². The lowest BCUT2D eigenvalue weighted by atomic mass is 9.91. The first-order chi connectivity index (χ1) is 10.6. The molecule has 1 saturated carbocycles. The van der Waals surface area contributed by atoms with E-state index < -0.39 is 0 Å². The normalized spacial score (nSPS) is 21.4. The molecule has 0 aromatic heterocycles. The topological polar surface area (TPSA) is 73.6 Å². The number of halogens is 1. The van der Waals surface area contributed by atoms with Crippen molar-refractivity contribution in [1.82, 2.24) is 5.32 Å². The quantitative estimate of drug-likeness (QED) is 0.787. The minimum atomic E-state index is -0.157. The monoisotopic (exact) mass is 326 g/mol. The number of hydrogen-bond donors (Lipinski definition) is 2. The molecule has 0 bridgehead atoms. The lowest BCUT2D eigenvalue weighted by molar-refractivity contribution is 0.0918. The molecule has 1 fully saturated rings. The summed E-state index contributed by atoms with van der Waals surface area (Å²) in [6.45, 7) is 0.848. The van der Waals surface area contributed by atoms with Gasteiger partial charge in [0.1, 0.15) is 12.4 Å². The van der Waals surface area contributed by atoms with Crippen molar-refractivity contribution in [3.05, 3.63) is 28.8 Å². The Hall–Kier alpha value is -1.30. The number of hydrogen-bond acceptors (Lipinski definition) is 4. The highest BCUT2D eigenvalue weighted by Gasteiger charge is 2.22. The van der Waals surface area contributed by atoms with Gasteiger partial charge in [-0.2, -0.15) is 0 Å². The molecule has 0 spiro atoms. The van der Waals surface area contributed by atoms with Crippen molar-refractivity contribution in [1.29, 1.82) is 0 Å². The Morgan fingerprint density at radius 2 is 2.05 bits per heavy atom. The van der Waals surface area contributed by atoms with E-state index >= 15 is 0 Å². The summed E-state index contributed by atoms with van der Waals surface area (Å²) in [5.74, 6) is 0.363. The van der Waals surface area contributed by atoms with Crippen LogP contribution in [0.15, 0.2) is 18.2 Å². The highest BCUT2D eigenvalue weighted by molar-refractivity contribution is 6.31. The maximum absolute atomic E-state index is 12.5. The van der Waals surface area contributed by atoms with Crippen molar-refractivity contribution in [2.75, 3.05) is 20.3 Å². The van der Waals surface area contributed by atoms with E-state index in [1.54, 1.807) is 25.3 Å². The van der Waals surface area contributed by atoms with Crippen LogP contribution in [0.4, 0.5) is 0 Å². The summed E-state index contributed by atoms with van der Waals surface area (Å²) in [5, 5.41) is 3.56. The fraction of sp³-hybridized carbons (Fsp3) is 0.562. The Bertz CT molecular complexity index is 502. The summed E-state index contributed by atoms with van der Waals surface area (Å²) in [6, 6.07) is 5.47. The maximum atomic E-state index is 12.5. The second kappa shape index (κ2) is 8.36. The molecule has 1 amide bonds. The summed E-state index contributed by atoms with van der Waals surface area (Å²) < 4.78 is 10.6. The fourth-order valence-corrected chi connectivity index (χ4v) is 2.74. The molecule has 1 aliphatic rings. The molecule has 3 N–H and O–H groups in total. The zero-order chi connectivity index (χ0) is 15.9. The second-order valence-corrected chi connectivity index (χ2v) is 6.00. The number of carbonyl (C=O) groups is 1. The van der Waals surface area contributed by atoms with Gasteiger partial charge in [0.15, 0.2) is 0 Å². The number of carbonyl (C=O) groups excluding carboxylic acids is 1. The zero-order valence-corrected chi connectivity index (χ0v) is 13.6. The van der Waals surface area contributed by atoms with Crippen LogP contribution in [0.25, 0.3) is 0 Å². The van der Waals surface area contributed by atoms with Gasteiger partial charge in [0, 0.05) is 24.2 Å². The van der Waals surface area contributed by atoms with Crippen LogP contribution in [-0.4, -0.2) is 38.3 Å². The first-order valence-corrected chi connectivity index (χ1v) is 7.95. The zero-order valence-electron chi connectivity index (χ0n) is 12.8. The molecule has 6 heteroatoms. The average Bonchev–Trinajstić information content (AvgIpc) is 2.51. The third-order valence-corrected chi connectivity index (χ3v) is 4.07. The number of rotatable bonds is 6. The van der Waals surface area contributed by atoms with Crippen molar-refractivity contribution in [2.24, 2.45) is 5.73 Å². The molecule has 1 aromatic rings. The molecular formula is C16H23ClN2O3. The highest BCUT2D eigenvalue weighted by atomic mass is 35.5. The van der Waals surface area contributed by atoms with Crippen LogP contribution < -0.4 is 15.8 Å². The minimum Gasteiger partial charge on any atom is -0.490 e. The van der Waals surface area contributed by atoms with Crippen molar-refractivity contribution in [3.63, 3.8) is 0 Å². The van der Waals surface area contributed by atoms with Gasteiger partial charge in [-0.1, -0.05) is 11.6 Å². The summed E-state index contributed by atoms with van der Waals surface area (Å²) >= 11 is 6.01. The summed E-state index contributed by atoms with van der Waals surface area (Å²) in [5.41, 5.74) is 6.35. The van der Waals surface area contributed by atoms with Crippen LogP contribution in [0.1, 0.15) is 36.0 Å². The molecule has 1 aromatic carbocycles. The van der Waals surface area contributed by atoms with E-state index in [0.29, 0.717) is 29.5 Å². The first kappa shape index (κ1) is 17.1. The van der Waals surface area contributed by atoms with Gasteiger partial charge in [0.25, 0.3) is 5.91 Å². The van der Waals surface area contributed by atoms with Gasteiger partial charge < -0.3 is 20.5 Å². The van der Waals surface area contributed by atoms with Crippen LogP contribution in [-0.2, 0) is 4.74 Å². The van der Waals surface area contributed by atoms with E-state index in [0.717, 1.165) is 25.7 Å². The van der Waals surface area contributed by atoms with Gasteiger partial charge in [-0.15, -0.1) is 0 Å². The molecule has 0 aliphatic heterocycles. The van der Waals surface area contributed by atoms with Crippen LogP contribution in [0.5, 0.6) is 5.75 Å². The van der Waals surface area contributed by atoms with Crippen molar-refractivity contribution >= 4 is 17.5 Å². The van der Waals surface area contributed by atoms with Crippen LogP contribution in [0.3, 0.4) is 0 Å². The van der Waals surface area contributed by atoms with E-state index in [4.69, 9.17) is 26.8 Å². The SMILES string of the molecule is COCCOc1ccc(Cl)cc1C(=O)NC1CCC(N)CC1. The predicted octanol–water partition coefficient (Wildman–Crippen LogP) is 2.36. The summed E-state index contributed by atoms with van der Waals surface area (Å²) in [4.78, 5) is 12.5. The summed E-state index contributed by atoms with van der Waals surface area (Å²) in [6.07, 6.45) is 3.70. The number of nitrogens with one attached hydrogen (secondary N) is 1. The second-order valence-electron chi connectivity index (χ2n) is 5.57. The third-order valence-electron chi connectivity index (χ3n) is 3.84. The molecule has 2 rings (SSSR count). The lowest BCUT2D eigenvalue weighted by Crippen LogP contribution is -2.40. The maximum Gasteiger partial charge on any atom is 0.255 e. The van der Waals surface area contributed by atoms with E-state index in [1.807, 2.05) is 0 Å². The van der Waals surface area contributed by atoms with Gasteiger partial charge in [-0.25, -0.2) is 0 Å². The molecule has 22 heavy (non-hydrogen) atoms. The molecule has 0 heterocycles. The first-order valence-electron chi connectivity index (χ1n) is 7.58. The lowest BCUT2D eigenvalue weighted by Gasteiger charge is -2.27. The van der Waals surface area contributed by atoms with Crippen LogP contribution in [0, 0.1) is 0 Å². The minimum absolute atomic E-state index is 0.157. The molecule has 0 radical (unpaired) electrons. The van der Waals surface area contributed by atoms with Crippen LogP contribution in [0.2, 0.25) is 5.02 Å². The van der Waals surface area contributed by atoms with Gasteiger partial charge in [-0.3, -0.25) is 4.79 Å². The largest absolute Gasteiger partial charge is 0.490 e. The van der Waals surface area contributed by atoms with Crippen molar-refractivity contribution in [3.8, 4) is 5.75 Å². The Balaban J connectivity index is 2.02. The number of methoxy groups -OCH3 is 1. The number of benzene rings is 1. The predicted molar refractivity (Wildman–Crippen MR) is 86.5 cm³/mol. The Morgan fingerprint density at radius 3 is 2.73 bits per heavy atom. The van der Waals surface area contributed by atoms with E-state index in [2.05, 4.69) is 5.32 Å². The third kappa shape index (κ3) is 4.87. The molecule has 1 aliphatic carbocycles. The standard InChI is InChI=1S/C16H23ClN2O3/c1-21-8-9-22-15-7-2-11(17)10-14(15)16(20)19-13-5-3-12(18)4-6-13/h2,7,10,12-13H,3-6,8-9,18H2,1H3,(H,19,20). The molecule has 0 atom stereocenters. The molecule has 5 nitrogen and oxygen atoms in total. The number of nitrogens with two attached hydrogens (primary N) is 1. The fourth-order valence-electron chi connectivity index (χ4n) is 2.57. The molecule has 0 unspecified atom stereocenters. The van der Waals surface area contributed by atoms with Gasteiger partial charge >= 0.3 is 0 Å². The molecular weight excluding hydrogens is 304 g/mol. The Kier molecular flexibility index (Phi) is 6.49. The van der Waals surface area contributed by atoms with Crippen molar-refractivity contribution in [2.45, 2.75) is 37.8 Å². The highest BCUT2D eigenvalue weighted by Crippen LogP contribution is 2.24. The van der Waals surface area contributed by atoms with Gasteiger partial charge in [-0.05, 0) is 43.9 Å². The van der Waals surface area contributed by atoms with Gasteiger partial charge in [0.2, 0.25) is 0 Å². The Morgan fingerprint density at radius 1 is 1.32 bits per heavy atom.